The SMILES string of the molecule is CC1CC(CN)CN1C(=O)CCc1nc2ccccc2[nH]1. The summed E-state index contributed by atoms with van der Waals surface area (Å²) < 4.78 is 0. The lowest BCUT2D eigenvalue weighted by Crippen LogP contribution is -2.34. The van der Waals surface area contributed by atoms with Crippen LogP contribution in [0.2, 0.25) is 0 Å². The summed E-state index contributed by atoms with van der Waals surface area (Å²) in [5.74, 6) is 1.54. The molecule has 5 heteroatoms. The molecule has 0 radical (unpaired) electrons. The molecule has 0 spiro atoms. The fourth-order valence-corrected chi connectivity index (χ4v) is 3.15. The third kappa shape index (κ3) is 2.93. The normalized spacial score (nSPS) is 22.1. The summed E-state index contributed by atoms with van der Waals surface area (Å²) in [5.41, 5.74) is 7.70. The minimum atomic E-state index is 0.207. The first-order valence-corrected chi connectivity index (χ1v) is 7.60. The van der Waals surface area contributed by atoms with Crippen molar-refractivity contribution in [1.29, 1.82) is 0 Å². The molecule has 1 aromatic carbocycles. The predicted molar refractivity (Wildman–Crippen MR) is 82.8 cm³/mol. The number of likely N-dealkylation sites (tertiary alicyclic amines) is 1. The Morgan fingerprint density at radius 3 is 3.00 bits per heavy atom. The number of rotatable bonds is 4. The molecule has 2 aromatic rings. The number of carbonyl (C=O) groups excluding carboxylic acids is 1. The van der Waals surface area contributed by atoms with E-state index in [2.05, 4.69) is 16.9 Å². The lowest BCUT2D eigenvalue weighted by molar-refractivity contribution is -0.131. The van der Waals surface area contributed by atoms with Gasteiger partial charge in [-0.1, -0.05) is 12.1 Å². The highest BCUT2D eigenvalue weighted by Gasteiger charge is 2.31. The molecule has 0 aliphatic carbocycles. The maximum atomic E-state index is 12.3. The number of aromatic amines is 1. The van der Waals surface area contributed by atoms with Gasteiger partial charge in [0.2, 0.25) is 5.91 Å². The van der Waals surface area contributed by atoms with E-state index in [0.29, 0.717) is 31.3 Å². The summed E-state index contributed by atoms with van der Waals surface area (Å²) in [6.07, 6.45) is 2.18. The predicted octanol–water partition coefficient (Wildman–Crippen LogP) is 1.69. The van der Waals surface area contributed by atoms with Crippen LogP contribution in [0.25, 0.3) is 11.0 Å². The van der Waals surface area contributed by atoms with Gasteiger partial charge in [0.05, 0.1) is 11.0 Å². The van der Waals surface area contributed by atoms with Crippen molar-refractivity contribution in [1.82, 2.24) is 14.9 Å². The number of nitrogens with one attached hydrogen (secondary N) is 1. The van der Waals surface area contributed by atoms with E-state index in [-0.39, 0.29) is 5.91 Å². The number of imidazole rings is 1. The Hall–Kier alpha value is -1.88. The van der Waals surface area contributed by atoms with E-state index in [1.165, 1.54) is 0 Å². The van der Waals surface area contributed by atoms with Crippen molar-refractivity contribution in [3.05, 3.63) is 30.1 Å². The van der Waals surface area contributed by atoms with Crippen LogP contribution >= 0.6 is 0 Å². The molecule has 0 saturated carbocycles. The van der Waals surface area contributed by atoms with Gasteiger partial charge in [-0.2, -0.15) is 0 Å². The number of amides is 1. The average Bonchev–Trinajstić information content (AvgIpc) is 3.07. The molecule has 1 aliphatic heterocycles. The van der Waals surface area contributed by atoms with E-state index in [4.69, 9.17) is 5.73 Å². The largest absolute Gasteiger partial charge is 0.342 e. The Labute approximate surface area is 124 Å². The highest BCUT2D eigenvalue weighted by molar-refractivity contribution is 5.78. The quantitative estimate of drug-likeness (QED) is 0.898. The number of aromatic nitrogens is 2. The van der Waals surface area contributed by atoms with Crippen molar-refractivity contribution in [2.75, 3.05) is 13.1 Å². The molecule has 2 atom stereocenters. The summed E-state index contributed by atoms with van der Waals surface area (Å²) in [6, 6.07) is 8.24. The summed E-state index contributed by atoms with van der Waals surface area (Å²) in [6.45, 7) is 3.57. The molecule has 1 saturated heterocycles. The molecule has 2 heterocycles. The van der Waals surface area contributed by atoms with Crippen molar-refractivity contribution >= 4 is 16.9 Å². The van der Waals surface area contributed by atoms with Crippen LogP contribution in [0.4, 0.5) is 0 Å². The standard InChI is InChI=1S/C16H22N4O/c1-11-8-12(9-17)10-20(11)16(21)7-6-15-18-13-4-2-3-5-14(13)19-15/h2-5,11-12H,6-10,17H2,1H3,(H,18,19). The number of benzene rings is 1. The first kappa shape index (κ1) is 14.1. The maximum absolute atomic E-state index is 12.3. The number of fused-ring (bicyclic) bond motifs is 1. The number of aryl methyl sites for hydroxylation is 1. The lowest BCUT2D eigenvalue weighted by atomic mass is 10.1. The van der Waals surface area contributed by atoms with E-state index >= 15 is 0 Å². The van der Waals surface area contributed by atoms with Crippen molar-refractivity contribution in [2.24, 2.45) is 11.7 Å². The second-order valence-electron chi connectivity index (χ2n) is 5.93. The first-order chi connectivity index (χ1) is 10.2. The van der Waals surface area contributed by atoms with Gasteiger partial charge >= 0.3 is 0 Å². The number of hydrogen-bond donors (Lipinski definition) is 2. The van der Waals surface area contributed by atoms with E-state index < -0.39 is 0 Å². The number of hydrogen-bond acceptors (Lipinski definition) is 3. The van der Waals surface area contributed by atoms with Crippen LogP contribution < -0.4 is 5.73 Å². The topological polar surface area (TPSA) is 75.0 Å². The van der Waals surface area contributed by atoms with Gasteiger partial charge in [0.15, 0.2) is 0 Å². The van der Waals surface area contributed by atoms with Gasteiger partial charge < -0.3 is 15.6 Å². The fourth-order valence-electron chi connectivity index (χ4n) is 3.15. The molecule has 1 aliphatic rings. The van der Waals surface area contributed by atoms with Gasteiger partial charge in [-0.3, -0.25) is 4.79 Å². The van der Waals surface area contributed by atoms with Crippen LogP contribution in [-0.4, -0.2) is 39.9 Å². The Kier molecular flexibility index (Phi) is 3.92. The molecule has 0 bridgehead atoms. The molecule has 1 fully saturated rings. The Balaban J connectivity index is 1.60. The Morgan fingerprint density at radius 1 is 1.48 bits per heavy atom. The molecule has 3 rings (SSSR count). The van der Waals surface area contributed by atoms with Gasteiger partial charge in [0, 0.05) is 25.4 Å². The van der Waals surface area contributed by atoms with Gasteiger partial charge in [0.1, 0.15) is 5.82 Å². The summed E-state index contributed by atoms with van der Waals surface area (Å²) in [4.78, 5) is 22.1. The van der Waals surface area contributed by atoms with Crippen molar-refractivity contribution in [3.8, 4) is 0 Å². The van der Waals surface area contributed by atoms with Crippen LogP contribution in [0.15, 0.2) is 24.3 Å². The van der Waals surface area contributed by atoms with E-state index in [1.54, 1.807) is 0 Å². The zero-order valence-corrected chi connectivity index (χ0v) is 12.4. The number of para-hydroxylation sites is 2. The van der Waals surface area contributed by atoms with Crippen molar-refractivity contribution < 1.29 is 4.79 Å². The Morgan fingerprint density at radius 2 is 2.29 bits per heavy atom. The second kappa shape index (κ2) is 5.85. The zero-order valence-electron chi connectivity index (χ0n) is 12.4. The molecule has 1 aromatic heterocycles. The van der Waals surface area contributed by atoms with Crippen molar-refractivity contribution in [3.63, 3.8) is 0 Å². The molecular weight excluding hydrogens is 264 g/mol. The molecule has 1 amide bonds. The number of H-pyrrole nitrogens is 1. The third-order valence-electron chi connectivity index (χ3n) is 4.33. The van der Waals surface area contributed by atoms with Gasteiger partial charge in [-0.15, -0.1) is 0 Å². The zero-order chi connectivity index (χ0) is 14.8. The summed E-state index contributed by atoms with van der Waals surface area (Å²) in [7, 11) is 0. The minimum Gasteiger partial charge on any atom is -0.342 e. The minimum absolute atomic E-state index is 0.207. The van der Waals surface area contributed by atoms with Gasteiger partial charge in [-0.25, -0.2) is 4.98 Å². The molecule has 112 valence electrons. The molecule has 3 N–H and O–H groups in total. The van der Waals surface area contributed by atoms with E-state index in [9.17, 15) is 4.79 Å². The second-order valence-corrected chi connectivity index (χ2v) is 5.93. The third-order valence-corrected chi connectivity index (χ3v) is 4.33. The number of nitrogens with zero attached hydrogens (tertiary/aromatic N) is 2. The fraction of sp³-hybridized carbons (Fsp3) is 0.500. The highest BCUT2D eigenvalue weighted by Crippen LogP contribution is 2.23. The first-order valence-electron chi connectivity index (χ1n) is 7.60. The van der Waals surface area contributed by atoms with E-state index in [0.717, 1.165) is 29.8 Å². The lowest BCUT2D eigenvalue weighted by Gasteiger charge is -2.21. The van der Waals surface area contributed by atoms with Gasteiger partial charge in [0.25, 0.3) is 0 Å². The van der Waals surface area contributed by atoms with Crippen LogP contribution in [0, 0.1) is 5.92 Å². The smallest absolute Gasteiger partial charge is 0.223 e. The van der Waals surface area contributed by atoms with Crippen LogP contribution in [0.3, 0.4) is 0 Å². The number of nitrogens with two attached hydrogens (primary N) is 1. The molecule has 21 heavy (non-hydrogen) atoms. The van der Waals surface area contributed by atoms with E-state index in [1.807, 2.05) is 29.2 Å². The highest BCUT2D eigenvalue weighted by atomic mass is 16.2. The van der Waals surface area contributed by atoms with Gasteiger partial charge in [-0.05, 0) is 37.9 Å². The average molecular weight is 286 g/mol. The van der Waals surface area contributed by atoms with Crippen molar-refractivity contribution in [2.45, 2.75) is 32.2 Å². The molecule has 5 nitrogen and oxygen atoms in total. The van der Waals surface area contributed by atoms with Crippen LogP contribution in [0.1, 0.15) is 25.6 Å². The molecule has 2 unspecified atom stereocenters. The summed E-state index contributed by atoms with van der Waals surface area (Å²) in [5, 5.41) is 0. The summed E-state index contributed by atoms with van der Waals surface area (Å²) >= 11 is 0. The van der Waals surface area contributed by atoms with Crippen LogP contribution in [-0.2, 0) is 11.2 Å². The van der Waals surface area contributed by atoms with Crippen LogP contribution in [0.5, 0.6) is 0 Å². The molecular formula is C16H22N4O. The maximum Gasteiger partial charge on any atom is 0.223 e. The monoisotopic (exact) mass is 286 g/mol. The number of carbonyl (C=O) groups is 1. The Bertz CT molecular complexity index is 603.